The van der Waals surface area contributed by atoms with E-state index in [1.807, 2.05) is 13.8 Å². The fraction of sp³-hybridized carbons (Fsp3) is 0.727. The average Bonchev–Trinajstić information content (AvgIpc) is 2.17. The Balaban J connectivity index is 2.09. The summed E-state index contributed by atoms with van der Waals surface area (Å²) in [5.41, 5.74) is 7.94. The predicted octanol–water partition coefficient (Wildman–Crippen LogP) is 0.662. The van der Waals surface area contributed by atoms with Gasteiger partial charge in [-0.2, -0.15) is 5.10 Å². The van der Waals surface area contributed by atoms with Crippen molar-refractivity contribution in [2.45, 2.75) is 33.2 Å². The molecule has 0 aliphatic carbocycles. The second-order valence-corrected chi connectivity index (χ2v) is 5.03. The monoisotopic (exact) mass is 221 g/mol. The zero-order valence-electron chi connectivity index (χ0n) is 10.4. The normalized spacial score (nSPS) is 18.8. The van der Waals surface area contributed by atoms with Crippen LogP contribution in [0, 0.1) is 19.8 Å². The van der Waals surface area contributed by atoms with E-state index in [-0.39, 0.29) is 5.54 Å². The molecule has 0 saturated carbocycles. The molecule has 0 radical (unpaired) electrons. The number of aromatic nitrogens is 3. The topological polar surface area (TPSA) is 67.9 Å². The van der Waals surface area contributed by atoms with Crippen LogP contribution in [-0.4, -0.2) is 33.8 Å². The van der Waals surface area contributed by atoms with E-state index < -0.39 is 0 Å². The minimum atomic E-state index is -0.0951. The molecule has 2 N–H and O–H groups in total. The lowest BCUT2D eigenvalue weighted by molar-refractivity contribution is 0.241. The van der Waals surface area contributed by atoms with E-state index in [9.17, 15) is 0 Å². The summed E-state index contributed by atoms with van der Waals surface area (Å²) in [6.07, 6.45) is 0. The van der Waals surface area contributed by atoms with E-state index in [4.69, 9.17) is 5.73 Å². The quantitative estimate of drug-likeness (QED) is 0.794. The second-order valence-electron chi connectivity index (χ2n) is 5.03. The molecule has 0 amide bonds. The van der Waals surface area contributed by atoms with Gasteiger partial charge >= 0.3 is 0 Å². The number of hydrogen-bond acceptors (Lipinski definition) is 5. The van der Waals surface area contributed by atoms with Crippen molar-refractivity contribution in [3.63, 3.8) is 0 Å². The van der Waals surface area contributed by atoms with Crippen LogP contribution in [0.25, 0.3) is 0 Å². The zero-order chi connectivity index (χ0) is 11.9. The van der Waals surface area contributed by atoms with Gasteiger partial charge in [-0.15, -0.1) is 5.10 Å². The molecule has 2 rings (SSSR count). The van der Waals surface area contributed by atoms with Crippen LogP contribution in [0.5, 0.6) is 0 Å². The first kappa shape index (κ1) is 11.3. The SMILES string of the molecule is Cc1nnc(N2CC(N)(C(C)C)C2)nc1C. The first-order valence-corrected chi connectivity index (χ1v) is 5.64. The highest BCUT2D eigenvalue weighted by Gasteiger charge is 2.43. The van der Waals surface area contributed by atoms with Crippen molar-refractivity contribution >= 4 is 5.95 Å². The molecule has 2 heterocycles. The molecule has 0 spiro atoms. The third-order valence-electron chi connectivity index (χ3n) is 3.48. The van der Waals surface area contributed by atoms with E-state index in [1.165, 1.54) is 0 Å². The zero-order valence-corrected chi connectivity index (χ0v) is 10.4. The molecule has 5 heteroatoms. The Kier molecular flexibility index (Phi) is 2.58. The third-order valence-corrected chi connectivity index (χ3v) is 3.48. The Morgan fingerprint density at radius 1 is 1.19 bits per heavy atom. The van der Waals surface area contributed by atoms with Crippen LogP contribution in [0.4, 0.5) is 5.95 Å². The summed E-state index contributed by atoms with van der Waals surface area (Å²) in [6, 6.07) is 0. The largest absolute Gasteiger partial charge is 0.336 e. The fourth-order valence-corrected chi connectivity index (χ4v) is 1.75. The number of aryl methyl sites for hydroxylation is 2. The number of rotatable bonds is 2. The van der Waals surface area contributed by atoms with Crippen LogP contribution in [0.1, 0.15) is 25.2 Å². The predicted molar refractivity (Wildman–Crippen MR) is 63.3 cm³/mol. The molecule has 1 aliphatic rings. The Labute approximate surface area is 96.1 Å². The maximum atomic E-state index is 6.22. The highest BCUT2D eigenvalue weighted by atomic mass is 15.4. The van der Waals surface area contributed by atoms with E-state index >= 15 is 0 Å². The van der Waals surface area contributed by atoms with Crippen LogP contribution in [0.15, 0.2) is 0 Å². The van der Waals surface area contributed by atoms with E-state index in [2.05, 4.69) is 33.9 Å². The summed E-state index contributed by atoms with van der Waals surface area (Å²) in [5.74, 6) is 1.17. The fourth-order valence-electron chi connectivity index (χ4n) is 1.75. The Morgan fingerprint density at radius 3 is 2.31 bits per heavy atom. The van der Waals surface area contributed by atoms with Crippen molar-refractivity contribution in [3.8, 4) is 0 Å². The maximum Gasteiger partial charge on any atom is 0.245 e. The molecule has 5 nitrogen and oxygen atoms in total. The van der Waals surface area contributed by atoms with Gasteiger partial charge in [-0.3, -0.25) is 0 Å². The number of hydrogen-bond donors (Lipinski definition) is 1. The lowest BCUT2D eigenvalue weighted by atomic mass is 9.80. The third kappa shape index (κ3) is 1.75. The number of anilines is 1. The highest BCUT2D eigenvalue weighted by molar-refractivity contribution is 5.38. The van der Waals surface area contributed by atoms with Crippen molar-refractivity contribution in [1.29, 1.82) is 0 Å². The van der Waals surface area contributed by atoms with Gasteiger partial charge in [-0.25, -0.2) is 4.98 Å². The van der Waals surface area contributed by atoms with Crippen LogP contribution < -0.4 is 10.6 Å². The lowest BCUT2D eigenvalue weighted by Crippen LogP contribution is -2.70. The first-order valence-electron chi connectivity index (χ1n) is 5.64. The number of nitrogens with two attached hydrogens (primary N) is 1. The molecule has 16 heavy (non-hydrogen) atoms. The van der Waals surface area contributed by atoms with E-state index in [0.717, 1.165) is 24.5 Å². The smallest absolute Gasteiger partial charge is 0.245 e. The highest BCUT2D eigenvalue weighted by Crippen LogP contribution is 2.28. The number of nitrogens with zero attached hydrogens (tertiary/aromatic N) is 4. The molecule has 0 unspecified atom stereocenters. The molecule has 1 aromatic heterocycles. The Hall–Kier alpha value is -1.23. The molecular formula is C11H19N5. The molecule has 1 saturated heterocycles. The first-order chi connectivity index (χ1) is 7.42. The van der Waals surface area contributed by atoms with Crippen molar-refractivity contribution in [3.05, 3.63) is 11.4 Å². The maximum absolute atomic E-state index is 6.22. The Morgan fingerprint density at radius 2 is 1.81 bits per heavy atom. The van der Waals surface area contributed by atoms with Gasteiger partial charge < -0.3 is 10.6 Å². The standard InChI is InChI=1S/C11H19N5/c1-7(2)11(12)5-16(6-11)10-13-8(3)9(4)14-15-10/h7H,5-6,12H2,1-4H3. The van der Waals surface area contributed by atoms with Crippen LogP contribution in [-0.2, 0) is 0 Å². The van der Waals surface area contributed by atoms with Crippen molar-refractivity contribution in [1.82, 2.24) is 15.2 Å². The summed E-state index contributed by atoms with van der Waals surface area (Å²) in [7, 11) is 0. The van der Waals surface area contributed by atoms with Gasteiger partial charge in [0, 0.05) is 13.1 Å². The summed E-state index contributed by atoms with van der Waals surface area (Å²) in [6.45, 7) is 9.79. The molecule has 88 valence electrons. The summed E-state index contributed by atoms with van der Waals surface area (Å²) < 4.78 is 0. The summed E-state index contributed by atoms with van der Waals surface area (Å²) in [4.78, 5) is 6.50. The molecule has 1 fully saturated rings. The van der Waals surface area contributed by atoms with Gasteiger partial charge in [-0.05, 0) is 19.8 Å². The van der Waals surface area contributed by atoms with E-state index in [0.29, 0.717) is 11.9 Å². The van der Waals surface area contributed by atoms with Crippen molar-refractivity contribution in [2.24, 2.45) is 11.7 Å². The molecule has 1 aromatic rings. The summed E-state index contributed by atoms with van der Waals surface area (Å²) in [5, 5.41) is 8.17. The van der Waals surface area contributed by atoms with Crippen molar-refractivity contribution < 1.29 is 0 Å². The summed E-state index contributed by atoms with van der Waals surface area (Å²) >= 11 is 0. The van der Waals surface area contributed by atoms with Crippen LogP contribution in [0.3, 0.4) is 0 Å². The van der Waals surface area contributed by atoms with Crippen LogP contribution >= 0.6 is 0 Å². The molecule has 1 aliphatic heterocycles. The Bertz CT molecular complexity index is 395. The lowest BCUT2D eigenvalue weighted by Gasteiger charge is -2.50. The molecule has 0 bridgehead atoms. The van der Waals surface area contributed by atoms with Gasteiger partial charge in [0.05, 0.1) is 16.9 Å². The minimum Gasteiger partial charge on any atom is -0.336 e. The van der Waals surface area contributed by atoms with Crippen molar-refractivity contribution in [2.75, 3.05) is 18.0 Å². The van der Waals surface area contributed by atoms with E-state index in [1.54, 1.807) is 0 Å². The molecule has 0 atom stereocenters. The molecular weight excluding hydrogens is 202 g/mol. The van der Waals surface area contributed by atoms with Gasteiger partial charge in [-0.1, -0.05) is 13.8 Å². The second kappa shape index (κ2) is 3.66. The van der Waals surface area contributed by atoms with Gasteiger partial charge in [0.2, 0.25) is 5.95 Å². The van der Waals surface area contributed by atoms with Crippen LogP contribution in [0.2, 0.25) is 0 Å². The average molecular weight is 221 g/mol. The van der Waals surface area contributed by atoms with Gasteiger partial charge in [0.15, 0.2) is 0 Å². The minimum absolute atomic E-state index is 0.0951. The molecule has 0 aromatic carbocycles. The van der Waals surface area contributed by atoms with Gasteiger partial charge in [0.1, 0.15) is 0 Å². The van der Waals surface area contributed by atoms with Gasteiger partial charge in [0.25, 0.3) is 0 Å².